The molecule has 0 aliphatic heterocycles. The molecule has 0 aromatic rings. The van der Waals surface area contributed by atoms with Crippen molar-refractivity contribution in [1.82, 2.24) is 0 Å². The molecular formula is C9H22BLi. The minimum absolute atomic E-state index is 0. The van der Waals surface area contributed by atoms with Crippen LogP contribution in [0.4, 0.5) is 0 Å². The zero-order valence-electron chi connectivity index (χ0n) is 8.15. The Morgan fingerprint density at radius 2 is 1.27 bits per heavy atom. The fourth-order valence-electron chi connectivity index (χ4n) is 1.30. The van der Waals surface area contributed by atoms with Crippen LogP contribution in [0.5, 0.6) is 0 Å². The van der Waals surface area contributed by atoms with Gasteiger partial charge in [-0.1, -0.05) is 59.0 Å². The summed E-state index contributed by atoms with van der Waals surface area (Å²) in [6, 6.07) is 0. The van der Waals surface area contributed by atoms with Gasteiger partial charge in [0, 0.05) is 0 Å². The van der Waals surface area contributed by atoms with E-state index in [0.717, 1.165) is 18.3 Å². The molecule has 0 amide bonds. The Kier molecular flexibility index (Phi) is 9.45. The van der Waals surface area contributed by atoms with Crippen molar-refractivity contribution >= 4 is 25.6 Å². The van der Waals surface area contributed by atoms with Crippen molar-refractivity contribution in [3.05, 3.63) is 0 Å². The molecule has 0 heterocycles. The first-order valence-corrected chi connectivity index (χ1v) is 4.63. The Balaban J connectivity index is 0. The van der Waals surface area contributed by atoms with Gasteiger partial charge in [0.15, 0.2) is 0 Å². The standard InChI is InChI=1S/C9H21B.Li.H/c1-6-8(3)10(5)9(4)7-2;;/h8-9H,6-7H2,1-5H3;;. The summed E-state index contributed by atoms with van der Waals surface area (Å²) in [7, 11) is 0. The molecule has 0 aliphatic carbocycles. The zero-order chi connectivity index (χ0) is 8.15. The maximum absolute atomic E-state index is 2.38. The van der Waals surface area contributed by atoms with Crippen molar-refractivity contribution < 1.29 is 0 Å². The molecule has 0 bridgehead atoms. The third-order valence-corrected chi connectivity index (χ3v) is 3.08. The first kappa shape index (κ1) is 14.2. The van der Waals surface area contributed by atoms with Gasteiger partial charge >= 0.3 is 18.9 Å². The van der Waals surface area contributed by atoms with Crippen LogP contribution in [-0.2, 0) is 0 Å². The van der Waals surface area contributed by atoms with Crippen molar-refractivity contribution in [2.45, 2.75) is 59.0 Å². The SMILES string of the molecule is CCC(C)B(C)C(C)CC.[LiH]. The van der Waals surface area contributed by atoms with E-state index in [1.807, 2.05) is 0 Å². The van der Waals surface area contributed by atoms with Crippen LogP contribution in [0.3, 0.4) is 0 Å². The quantitative estimate of drug-likeness (QED) is 0.537. The van der Waals surface area contributed by atoms with Crippen LogP contribution in [0.25, 0.3) is 0 Å². The van der Waals surface area contributed by atoms with Crippen LogP contribution in [0.1, 0.15) is 40.5 Å². The summed E-state index contributed by atoms with van der Waals surface area (Å²) in [5.41, 5.74) is 0. The molecule has 0 radical (unpaired) electrons. The Bertz CT molecular complexity index is 75.6. The molecule has 0 spiro atoms. The van der Waals surface area contributed by atoms with Gasteiger partial charge < -0.3 is 0 Å². The van der Waals surface area contributed by atoms with E-state index in [2.05, 4.69) is 34.5 Å². The van der Waals surface area contributed by atoms with Crippen molar-refractivity contribution in [2.24, 2.45) is 0 Å². The topological polar surface area (TPSA) is 0 Å². The Morgan fingerprint density at radius 3 is 1.45 bits per heavy atom. The fraction of sp³-hybridized carbons (Fsp3) is 1.00. The van der Waals surface area contributed by atoms with Gasteiger partial charge in [-0.15, -0.1) is 0 Å². The van der Waals surface area contributed by atoms with Crippen LogP contribution in [0.15, 0.2) is 0 Å². The Morgan fingerprint density at radius 1 is 1.00 bits per heavy atom. The van der Waals surface area contributed by atoms with E-state index >= 15 is 0 Å². The molecule has 2 heteroatoms. The molecule has 0 saturated heterocycles. The number of rotatable bonds is 4. The fourth-order valence-corrected chi connectivity index (χ4v) is 1.30. The summed E-state index contributed by atoms with van der Waals surface area (Å²) in [6.07, 6.45) is 2.65. The summed E-state index contributed by atoms with van der Waals surface area (Å²) >= 11 is 0. The van der Waals surface area contributed by atoms with Crippen molar-refractivity contribution in [3.63, 3.8) is 0 Å². The predicted octanol–water partition coefficient (Wildman–Crippen LogP) is 3.06. The summed E-state index contributed by atoms with van der Waals surface area (Å²) in [5.74, 6) is 1.80. The Labute approximate surface area is 84.8 Å². The van der Waals surface area contributed by atoms with E-state index in [1.54, 1.807) is 0 Å². The van der Waals surface area contributed by atoms with E-state index in [1.165, 1.54) is 12.8 Å². The van der Waals surface area contributed by atoms with Crippen LogP contribution >= 0.6 is 0 Å². The summed E-state index contributed by atoms with van der Waals surface area (Å²) in [5, 5.41) is 0. The molecule has 0 N–H and O–H groups in total. The molecular weight excluding hydrogens is 126 g/mol. The van der Waals surface area contributed by atoms with Crippen LogP contribution in [0, 0.1) is 0 Å². The number of hydrogen-bond acceptors (Lipinski definition) is 0. The molecule has 0 nitrogen and oxygen atoms in total. The van der Waals surface area contributed by atoms with E-state index in [4.69, 9.17) is 0 Å². The first-order chi connectivity index (χ1) is 4.63. The van der Waals surface area contributed by atoms with E-state index in [-0.39, 0.29) is 18.9 Å². The van der Waals surface area contributed by atoms with E-state index in [0.29, 0.717) is 0 Å². The maximum atomic E-state index is 2.38. The zero-order valence-corrected chi connectivity index (χ0v) is 8.15. The van der Waals surface area contributed by atoms with Crippen LogP contribution in [0.2, 0.25) is 18.5 Å². The van der Waals surface area contributed by atoms with Gasteiger partial charge in [0.1, 0.15) is 6.71 Å². The second-order valence-electron chi connectivity index (χ2n) is 3.63. The summed E-state index contributed by atoms with van der Waals surface area (Å²) in [4.78, 5) is 0. The van der Waals surface area contributed by atoms with Gasteiger partial charge in [0.2, 0.25) is 0 Å². The normalized spacial score (nSPS) is 15.0. The minimum atomic E-state index is 0. The second kappa shape index (κ2) is 7.32. The third kappa shape index (κ3) is 4.99. The molecule has 0 aromatic carbocycles. The van der Waals surface area contributed by atoms with Crippen LogP contribution < -0.4 is 0 Å². The van der Waals surface area contributed by atoms with Gasteiger partial charge in [0.25, 0.3) is 0 Å². The molecule has 62 valence electrons. The van der Waals surface area contributed by atoms with Gasteiger partial charge in [-0.25, -0.2) is 0 Å². The summed E-state index contributed by atoms with van der Waals surface area (Å²) in [6.45, 7) is 12.6. The molecule has 0 aromatic heterocycles. The summed E-state index contributed by atoms with van der Waals surface area (Å²) < 4.78 is 0. The average Bonchev–Trinajstić information content (AvgIpc) is 2.00. The van der Waals surface area contributed by atoms with E-state index in [9.17, 15) is 0 Å². The van der Waals surface area contributed by atoms with Crippen molar-refractivity contribution in [2.75, 3.05) is 0 Å². The van der Waals surface area contributed by atoms with Gasteiger partial charge in [-0.2, -0.15) is 0 Å². The van der Waals surface area contributed by atoms with Gasteiger partial charge in [0.05, 0.1) is 0 Å². The van der Waals surface area contributed by atoms with Crippen molar-refractivity contribution in [3.8, 4) is 0 Å². The first-order valence-electron chi connectivity index (χ1n) is 4.63. The van der Waals surface area contributed by atoms with Gasteiger partial charge in [-0.05, 0) is 0 Å². The molecule has 0 rings (SSSR count). The monoisotopic (exact) mass is 148 g/mol. The molecule has 11 heavy (non-hydrogen) atoms. The molecule has 2 unspecified atom stereocenters. The average molecular weight is 148 g/mol. The van der Waals surface area contributed by atoms with E-state index < -0.39 is 0 Å². The predicted molar refractivity (Wildman–Crippen MR) is 58.2 cm³/mol. The van der Waals surface area contributed by atoms with Gasteiger partial charge in [-0.3, -0.25) is 0 Å². The Hall–Kier alpha value is 0.662. The molecule has 0 saturated carbocycles. The van der Waals surface area contributed by atoms with Crippen LogP contribution in [-0.4, -0.2) is 25.6 Å². The molecule has 0 aliphatic rings. The van der Waals surface area contributed by atoms with Crippen molar-refractivity contribution in [1.29, 1.82) is 0 Å². The molecule has 2 atom stereocenters. The second-order valence-corrected chi connectivity index (χ2v) is 3.63. The number of hydrogen-bond donors (Lipinski definition) is 0. The third-order valence-electron chi connectivity index (χ3n) is 3.08. The molecule has 0 fully saturated rings.